The van der Waals surface area contributed by atoms with Gasteiger partial charge in [0.25, 0.3) is 5.91 Å². The zero-order chi connectivity index (χ0) is 38.5. The Labute approximate surface area is 342 Å². The maximum absolute atomic E-state index is 14.1. The van der Waals surface area contributed by atoms with E-state index in [9.17, 15) is 9.18 Å². The fourth-order valence-corrected chi connectivity index (χ4v) is 10.7. The minimum atomic E-state index is -0.205. The number of hydrogen-bond donors (Lipinski definition) is 1. The van der Waals surface area contributed by atoms with Crippen molar-refractivity contribution < 1.29 is 9.18 Å². The SMILES string of the molecule is O=C1c2c(Br)cc(CN3CCC(N4CCN(c5cccc(-c6cnc7ccc(N8CCC[C@@H]8c8cccc(F)c8)nn67)n5)CC4)CC3)cc2CN1C1CCCNC1. The maximum Gasteiger partial charge on any atom is 0.255 e. The smallest absolute Gasteiger partial charge is 0.255 e. The Bertz CT molecular complexity index is 2260. The molecule has 13 heteroatoms. The molecule has 3 aromatic heterocycles. The number of carbonyl (C=O) groups excluding carboxylic acids is 1. The van der Waals surface area contributed by atoms with E-state index in [1.807, 2.05) is 35.0 Å². The van der Waals surface area contributed by atoms with Crippen molar-refractivity contribution in [3.63, 3.8) is 0 Å². The van der Waals surface area contributed by atoms with Crippen molar-refractivity contribution in [1.29, 1.82) is 0 Å². The number of fused-ring (bicyclic) bond motifs is 2. The molecule has 1 amide bonds. The van der Waals surface area contributed by atoms with Crippen LogP contribution in [0.2, 0.25) is 0 Å². The lowest BCUT2D eigenvalue weighted by Gasteiger charge is -2.43. The van der Waals surface area contributed by atoms with Crippen LogP contribution in [0, 0.1) is 5.82 Å². The third-order valence-corrected chi connectivity index (χ3v) is 13.6. The van der Waals surface area contributed by atoms with Crippen molar-refractivity contribution >= 4 is 39.1 Å². The highest BCUT2D eigenvalue weighted by Crippen LogP contribution is 2.37. The molecule has 8 heterocycles. The number of pyridine rings is 1. The molecule has 0 aliphatic carbocycles. The number of rotatable bonds is 8. The Morgan fingerprint density at radius 3 is 2.51 bits per heavy atom. The van der Waals surface area contributed by atoms with Gasteiger partial charge in [0.15, 0.2) is 5.65 Å². The number of hydrogen-bond acceptors (Lipinski definition) is 9. The number of piperazine rings is 1. The summed E-state index contributed by atoms with van der Waals surface area (Å²) in [5, 5.41) is 8.54. The number of amides is 1. The first-order valence-corrected chi connectivity index (χ1v) is 21.6. The highest BCUT2D eigenvalue weighted by atomic mass is 79.9. The van der Waals surface area contributed by atoms with Gasteiger partial charge < -0.3 is 20.0 Å². The lowest BCUT2D eigenvalue weighted by Crippen LogP contribution is -2.53. The third kappa shape index (κ3) is 7.32. The van der Waals surface area contributed by atoms with Gasteiger partial charge in [-0.2, -0.15) is 0 Å². The molecule has 5 aliphatic heterocycles. The number of piperidine rings is 2. The average molecular weight is 834 g/mol. The highest BCUT2D eigenvalue weighted by molar-refractivity contribution is 9.10. The van der Waals surface area contributed by atoms with Crippen molar-refractivity contribution in [2.45, 2.75) is 69.7 Å². The molecular weight excluding hydrogens is 783 g/mol. The predicted molar refractivity (Wildman–Crippen MR) is 224 cm³/mol. The summed E-state index contributed by atoms with van der Waals surface area (Å²) in [5.74, 6) is 1.82. The molecule has 1 N–H and O–H groups in total. The molecular formula is C44H50BrFN10O. The molecule has 5 aromatic rings. The monoisotopic (exact) mass is 832 g/mol. The lowest BCUT2D eigenvalue weighted by molar-refractivity contribution is 0.0674. The van der Waals surface area contributed by atoms with Gasteiger partial charge in [-0.3, -0.25) is 14.6 Å². The molecule has 2 aromatic carbocycles. The molecule has 11 nitrogen and oxygen atoms in total. The molecule has 10 rings (SSSR count). The summed E-state index contributed by atoms with van der Waals surface area (Å²) in [6, 6.07) is 22.7. The molecule has 296 valence electrons. The summed E-state index contributed by atoms with van der Waals surface area (Å²) in [4.78, 5) is 35.2. The number of nitrogens with zero attached hydrogens (tertiary/aromatic N) is 9. The Balaban J connectivity index is 0.752. The van der Waals surface area contributed by atoms with Gasteiger partial charge in [0.1, 0.15) is 23.1 Å². The van der Waals surface area contributed by atoms with E-state index in [1.165, 1.54) is 30.0 Å². The first-order chi connectivity index (χ1) is 27.9. The molecule has 1 unspecified atom stereocenters. The van der Waals surface area contributed by atoms with Crippen LogP contribution in [0.15, 0.2) is 77.4 Å². The van der Waals surface area contributed by atoms with Crippen LogP contribution < -0.4 is 15.1 Å². The summed E-state index contributed by atoms with van der Waals surface area (Å²) >= 11 is 3.77. The van der Waals surface area contributed by atoms with Gasteiger partial charge in [-0.25, -0.2) is 18.9 Å². The van der Waals surface area contributed by atoms with Gasteiger partial charge in [-0.1, -0.05) is 24.3 Å². The summed E-state index contributed by atoms with van der Waals surface area (Å²) in [6.07, 6.45) is 8.41. The van der Waals surface area contributed by atoms with Gasteiger partial charge in [-0.05, 0) is 133 Å². The molecule has 0 radical (unpaired) electrons. The second-order valence-electron chi connectivity index (χ2n) is 16.5. The normalized spacial score (nSPS) is 22.6. The Morgan fingerprint density at radius 2 is 1.68 bits per heavy atom. The molecule has 0 spiro atoms. The molecule has 0 bridgehead atoms. The van der Waals surface area contributed by atoms with Gasteiger partial charge in [0.2, 0.25) is 0 Å². The Morgan fingerprint density at radius 1 is 0.825 bits per heavy atom. The van der Waals surface area contributed by atoms with E-state index in [-0.39, 0.29) is 23.8 Å². The van der Waals surface area contributed by atoms with Crippen LogP contribution in [-0.2, 0) is 13.1 Å². The predicted octanol–water partition coefficient (Wildman–Crippen LogP) is 6.53. The number of aromatic nitrogens is 4. The second-order valence-corrected chi connectivity index (χ2v) is 17.3. The van der Waals surface area contributed by atoms with Gasteiger partial charge in [-0.15, -0.1) is 5.10 Å². The Hall–Kier alpha value is -4.43. The summed E-state index contributed by atoms with van der Waals surface area (Å²) < 4.78 is 17.0. The molecule has 0 saturated carbocycles. The Kier molecular flexibility index (Phi) is 10.2. The van der Waals surface area contributed by atoms with Crippen molar-refractivity contribution in [3.05, 3.63) is 105 Å². The van der Waals surface area contributed by atoms with Crippen LogP contribution in [0.4, 0.5) is 16.0 Å². The quantitative estimate of drug-likeness (QED) is 0.188. The van der Waals surface area contributed by atoms with Crippen LogP contribution in [0.3, 0.4) is 0 Å². The average Bonchev–Trinajstić information content (AvgIpc) is 3.99. The van der Waals surface area contributed by atoms with Crippen molar-refractivity contribution in [2.24, 2.45) is 0 Å². The second kappa shape index (κ2) is 15.7. The lowest BCUT2D eigenvalue weighted by atomic mass is 10.0. The van der Waals surface area contributed by atoms with E-state index in [0.717, 1.165) is 142 Å². The summed E-state index contributed by atoms with van der Waals surface area (Å²) in [6.45, 7) is 10.6. The van der Waals surface area contributed by atoms with Crippen molar-refractivity contribution in [1.82, 2.24) is 39.6 Å². The van der Waals surface area contributed by atoms with E-state index in [1.54, 1.807) is 12.1 Å². The van der Waals surface area contributed by atoms with Crippen LogP contribution >= 0.6 is 15.9 Å². The zero-order valence-electron chi connectivity index (χ0n) is 32.4. The number of halogens is 2. The molecule has 57 heavy (non-hydrogen) atoms. The van der Waals surface area contributed by atoms with E-state index in [2.05, 4.69) is 75.0 Å². The van der Waals surface area contributed by atoms with Crippen LogP contribution in [0.1, 0.15) is 71.6 Å². The van der Waals surface area contributed by atoms with Crippen LogP contribution in [-0.4, -0.2) is 111 Å². The number of benzene rings is 2. The molecule has 5 aliphatic rings. The van der Waals surface area contributed by atoms with Gasteiger partial charge in [0, 0.05) is 68.9 Å². The first kappa shape index (κ1) is 36.9. The van der Waals surface area contributed by atoms with E-state index >= 15 is 0 Å². The van der Waals surface area contributed by atoms with E-state index < -0.39 is 0 Å². The minimum Gasteiger partial charge on any atom is -0.354 e. The number of carbonyl (C=O) groups is 1. The summed E-state index contributed by atoms with van der Waals surface area (Å²) in [7, 11) is 0. The van der Waals surface area contributed by atoms with Gasteiger partial charge >= 0.3 is 0 Å². The number of nitrogens with one attached hydrogen (secondary N) is 1. The molecule has 4 saturated heterocycles. The van der Waals surface area contributed by atoms with Crippen molar-refractivity contribution in [3.8, 4) is 11.4 Å². The van der Waals surface area contributed by atoms with Crippen molar-refractivity contribution in [2.75, 3.05) is 68.7 Å². The molecule has 2 atom stereocenters. The number of anilines is 2. The number of likely N-dealkylation sites (tertiary alicyclic amines) is 1. The standard InChI is InChI=1S/C44H50BrFN10O/c45-36-24-30(23-32-29-55(44(57)43(32)36)35-7-3-15-47-26-35)28-51-17-13-34(14-18-51)52-19-21-53(22-20-52)41-10-2-8-37(49-41)39-27-48-40-11-12-42(50-56(39)40)54-16-4-9-38(54)31-5-1-6-33(46)25-31/h1-2,5-6,8,10-12,23-25,27,34-35,38,47H,3-4,7,9,13-22,26,28-29H2/t35?,38-/m1/s1. The van der Waals surface area contributed by atoms with E-state index in [4.69, 9.17) is 10.1 Å². The third-order valence-electron chi connectivity index (χ3n) is 13.0. The minimum absolute atomic E-state index is 0.0906. The summed E-state index contributed by atoms with van der Waals surface area (Å²) in [5.41, 5.74) is 6.79. The van der Waals surface area contributed by atoms with Gasteiger partial charge in [0.05, 0.1) is 23.5 Å². The van der Waals surface area contributed by atoms with Crippen LogP contribution in [0.5, 0.6) is 0 Å². The molecule has 4 fully saturated rings. The largest absolute Gasteiger partial charge is 0.354 e. The fraction of sp³-hybridized carbons (Fsp3) is 0.455. The topological polar surface area (TPSA) is 88.4 Å². The maximum atomic E-state index is 14.1. The van der Waals surface area contributed by atoms with Crippen LogP contribution in [0.25, 0.3) is 17.0 Å². The number of imidazole rings is 1. The van der Waals surface area contributed by atoms with E-state index in [0.29, 0.717) is 6.04 Å². The highest BCUT2D eigenvalue weighted by Gasteiger charge is 2.36. The fourth-order valence-electron chi connectivity index (χ4n) is 10.0. The zero-order valence-corrected chi connectivity index (χ0v) is 34.0. The first-order valence-electron chi connectivity index (χ1n) is 20.8.